The van der Waals surface area contributed by atoms with E-state index < -0.39 is 15.1 Å². The van der Waals surface area contributed by atoms with E-state index in [1.54, 1.807) is 43.0 Å². The summed E-state index contributed by atoms with van der Waals surface area (Å²) >= 11 is 1.46. The van der Waals surface area contributed by atoms with Crippen LogP contribution in [0.25, 0.3) is 10.2 Å². The van der Waals surface area contributed by atoms with E-state index in [4.69, 9.17) is 9.72 Å². The molecule has 0 fully saturated rings. The molecular formula is C24H31N3O4S2. The fourth-order valence-corrected chi connectivity index (χ4v) is 5.35. The molecule has 0 unspecified atom stereocenters. The first-order chi connectivity index (χ1) is 15.6. The number of para-hydroxylation sites is 1. The number of ether oxygens (including phenoxy) is 1. The molecule has 0 aliphatic heterocycles. The molecule has 0 N–H and O–H groups in total. The molecule has 0 radical (unpaired) electrons. The SMILES string of the molecule is CCOc1cccc2sc(N(CCN(C)C)C(=O)Cc3ccc(S(=O)(=O)C(C)C)cc3)nc12. The zero-order chi connectivity index (χ0) is 24.2. The van der Waals surface area contributed by atoms with Crippen molar-refractivity contribution in [1.29, 1.82) is 0 Å². The molecule has 178 valence electrons. The molecular weight excluding hydrogens is 458 g/mol. The number of thiazole rings is 1. The van der Waals surface area contributed by atoms with Gasteiger partial charge in [-0.25, -0.2) is 13.4 Å². The Morgan fingerprint density at radius 2 is 1.79 bits per heavy atom. The van der Waals surface area contributed by atoms with Crippen LogP contribution in [0.15, 0.2) is 47.4 Å². The largest absolute Gasteiger partial charge is 0.492 e. The van der Waals surface area contributed by atoms with Gasteiger partial charge < -0.3 is 9.64 Å². The Labute approximate surface area is 199 Å². The zero-order valence-corrected chi connectivity index (χ0v) is 21.4. The fourth-order valence-electron chi connectivity index (χ4n) is 3.27. The van der Waals surface area contributed by atoms with Crippen molar-refractivity contribution in [3.63, 3.8) is 0 Å². The summed E-state index contributed by atoms with van der Waals surface area (Å²) in [6, 6.07) is 12.4. The number of hydrogen-bond donors (Lipinski definition) is 0. The predicted molar refractivity (Wildman–Crippen MR) is 134 cm³/mol. The molecule has 3 rings (SSSR count). The first-order valence-electron chi connectivity index (χ1n) is 10.9. The van der Waals surface area contributed by atoms with Crippen LogP contribution in [-0.2, 0) is 21.1 Å². The van der Waals surface area contributed by atoms with E-state index in [1.807, 2.05) is 44.1 Å². The first kappa shape index (κ1) is 25.1. The normalized spacial score (nSPS) is 12.0. The Morgan fingerprint density at radius 3 is 2.39 bits per heavy atom. The minimum absolute atomic E-state index is 0.0895. The lowest BCUT2D eigenvalue weighted by molar-refractivity contribution is -0.118. The summed E-state index contributed by atoms with van der Waals surface area (Å²) in [4.78, 5) is 22.1. The number of rotatable bonds is 10. The second kappa shape index (κ2) is 10.6. The van der Waals surface area contributed by atoms with E-state index in [2.05, 4.69) is 0 Å². The van der Waals surface area contributed by atoms with Crippen molar-refractivity contribution in [2.45, 2.75) is 37.3 Å². The summed E-state index contributed by atoms with van der Waals surface area (Å²) in [5.74, 6) is 0.618. The van der Waals surface area contributed by atoms with E-state index in [9.17, 15) is 13.2 Å². The standard InChI is InChI=1S/C24H31N3O4S2/c1-6-31-20-8-7-9-21-23(20)25-24(32-21)27(15-14-26(4)5)22(28)16-18-10-12-19(13-11-18)33(29,30)17(2)3/h7-13,17H,6,14-16H2,1-5H3. The minimum Gasteiger partial charge on any atom is -0.492 e. The van der Waals surface area contributed by atoms with Gasteiger partial charge in [0.1, 0.15) is 11.3 Å². The van der Waals surface area contributed by atoms with Crippen molar-refractivity contribution < 1.29 is 17.9 Å². The lowest BCUT2D eigenvalue weighted by Gasteiger charge is -2.22. The molecule has 33 heavy (non-hydrogen) atoms. The smallest absolute Gasteiger partial charge is 0.233 e. The second-order valence-electron chi connectivity index (χ2n) is 8.30. The molecule has 0 atom stereocenters. The van der Waals surface area contributed by atoms with Gasteiger partial charge in [-0.2, -0.15) is 0 Å². The summed E-state index contributed by atoms with van der Waals surface area (Å²) in [6.45, 7) is 6.96. The third-order valence-corrected chi connectivity index (χ3v) is 8.42. The summed E-state index contributed by atoms with van der Waals surface area (Å²) in [5, 5.41) is 0.134. The van der Waals surface area contributed by atoms with Crippen molar-refractivity contribution in [2.75, 3.05) is 38.7 Å². The number of benzene rings is 2. The number of carbonyl (C=O) groups is 1. The highest BCUT2D eigenvalue weighted by Crippen LogP contribution is 2.34. The number of nitrogens with zero attached hydrogens (tertiary/aromatic N) is 3. The number of aromatic nitrogens is 1. The van der Waals surface area contributed by atoms with Gasteiger partial charge in [0, 0.05) is 13.1 Å². The lowest BCUT2D eigenvalue weighted by Crippen LogP contribution is -2.37. The average Bonchev–Trinajstić information content (AvgIpc) is 3.19. The summed E-state index contributed by atoms with van der Waals surface area (Å²) < 4.78 is 31.4. The maximum Gasteiger partial charge on any atom is 0.233 e. The topological polar surface area (TPSA) is 79.8 Å². The molecule has 3 aromatic rings. The van der Waals surface area contributed by atoms with Crippen LogP contribution < -0.4 is 9.64 Å². The Bertz CT molecular complexity index is 1200. The zero-order valence-electron chi connectivity index (χ0n) is 19.7. The Morgan fingerprint density at radius 1 is 1.09 bits per heavy atom. The number of amides is 1. The molecule has 1 amide bonds. The predicted octanol–water partition coefficient (Wildman–Crippen LogP) is 4.01. The molecule has 2 aromatic carbocycles. The first-order valence-corrected chi connectivity index (χ1v) is 13.3. The third-order valence-electron chi connectivity index (χ3n) is 5.20. The minimum atomic E-state index is -3.34. The fraction of sp³-hybridized carbons (Fsp3) is 0.417. The van der Waals surface area contributed by atoms with Crippen LogP contribution in [0.1, 0.15) is 26.3 Å². The number of sulfone groups is 1. The maximum atomic E-state index is 13.3. The van der Waals surface area contributed by atoms with Gasteiger partial charge in [0.25, 0.3) is 0 Å². The van der Waals surface area contributed by atoms with E-state index in [0.29, 0.717) is 30.6 Å². The number of fused-ring (bicyclic) bond motifs is 1. The number of anilines is 1. The molecule has 0 spiro atoms. The van der Waals surface area contributed by atoms with Gasteiger partial charge in [-0.15, -0.1) is 0 Å². The second-order valence-corrected chi connectivity index (χ2v) is 11.8. The van der Waals surface area contributed by atoms with Gasteiger partial charge >= 0.3 is 0 Å². The Balaban J connectivity index is 1.87. The van der Waals surface area contributed by atoms with Crippen molar-refractivity contribution in [3.8, 4) is 5.75 Å². The van der Waals surface area contributed by atoms with Crippen LogP contribution in [0.3, 0.4) is 0 Å². The number of carbonyl (C=O) groups excluding carboxylic acids is 1. The number of hydrogen-bond acceptors (Lipinski definition) is 7. The van der Waals surface area contributed by atoms with Crippen LogP contribution in [0, 0.1) is 0 Å². The van der Waals surface area contributed by atoms with Gasteiger partial charge in [-0.3, -0.25) is 9.69 Å². The lowest BCUT2D eigenvalue weighted by atomic mass is 10.1. The highest BCUT2D eigenvalue weighted by Gasteiger charge is 2.22. The number of likely N-dealkylation sites (N-methyl/N-ethyl adjacent to an activating group) is 1. The Hall–Kier alpha value is -2.49. The van der Waals surface area contributed by atoms with Crippen molar-refractivity contribution in [3.05, 3.63) is 48.0 Å². The van der Waals surface area contributed by atoms with Crippen LogP contribution in [0.5, 0.6) is 5.75 Å². The molecule has 1 aromatic heterocycles. The maximum absolute atomic E-state index is 13.3. The van der Waals surface area contributed by atoms with Crippen LogP contribution >= 0.6 is 11.3 Å². The van der Waals surface area contributed by atoms with Crippen molar-refractivity contribution in [1.82, 2.24) is 9.88 Å². The van der Waals surface area contributed by atoms with Gasteiger partial charge in [0.15, 0.2) is 15.0 Å². The van der Waals surface area contributed by atoms with Crippen LogP contribution in [0.2, 0.25) is 0 Å². The summed E-state index contributed by atoms with van der Waals surface area (Å²) in [6.07, 6.45) is 0.156. The molecule has 0 aliphatic carbocycles. The highest BCUT2D eigenvalue weighted by molar-refractivity contribution is 7.92. The van der Waals surface area contributed by atoms with E-state index in [1.165, 1.54) is 11.3 Å². The van der Waals surface area contributed by atoms with E-state index in [0.717, 1.165) is 15.8 Å². The van der Waals surface area contributed by atoms with Gasteiger partial charge in [-0.05, 0) is 64.7 Å². The Kier molecular flexibility index (Phi) is 8.10. The van der Waals surface area contributed by atoms with Gasteiger partial charge in [-0.1, -0.05) is 29.5 Å². The molecule has 9 heteroatoms. The molecule has 0 aliphatic rings. The van der Waals surface area contributed by atoms with Crippen LogP contribution in [0.4, 0.5) is 5.13 Å². The molecule has 0 saturated carbocycles. The van der Waals surface area contributed by atoms with Crippen LogP contribution in [-0.4, -0.2) is 63.3 Å². The molecule has 7 nitrogen and oxygen atoms in total. The summed E-state index contributed by atoms with van der Waals surface area (Å²) in [7, 11) is 0.576. The molecule has 1 heterocycles. The molecule has 0 bridgehead atoms. The van der Waals surface area contributed by atoms with Gasteiger partial charge in [0.2, 0.25) is 5.91 Å². The van der Waals surface area contributed by atoms with E-state index in [-0.39, 0.29) is 17.2 Å². The van der Waals surface area contributed by atoms with Crippen molar-refractivity contribution in [2.24, 2.45) is 0 Å². The van der Waals surface area contributed by atoms with Gasteiger partial charge in [0.05, 0.1) is 27.9 Å². The van der Waals surface area contributed by atoms with E-state index >= 15 is 0 Å². The monoisotopic (exact) mass is 489 g/mol. The third kappa shape index (κ3) is 5.90. The average molecular weight is 490 g/mol. The summed E-state index contributed by atoms with van der Waals surface area (Å²) in [5.41, 5.74) is 1.51. The molecule has 0 saturated heterocycles. The van der Waals surface area contributed by atoms with Crippen molar-refractivity contribution >= 4 is 42.4 Å². The highest BCUT2D eigenvalue weighted by atomic mass is 32.2. The quantitative estimate of drug-likeness (QED) is 0.428.